The minimum Gasteiger partial charge on any atom is -0.334 e. The summed E-state index contributed by atoms with van der Waals surface area (Å²) in [6, 6.07) is 4.59. The van der Waals surface area contributed by atoms with Crippen LogP contribution in [-0.4, -0.2) is 10.1 Å². The van der Waals surface area contributed by atoms with Crippen molar-refractivity contribution >= 4 is 0 Å². The fraction of sp³-hybridized carbons (Fsp3) is 0.385. The maximum absolute atomic E-state index is 13.7. The van der Waals surface area contributed by atoms with Gasteiger partial charge in [-0.2, -0.15) is 4.98 Å². The highest BCUT2D eigenvalue weighted by Gasteiger charge is 2.32. The average Bonchev–Trinajstić information content (AvgIpc) is 3.09. The molecule has 0 radical (unpaired) electrons. The lowest BCUT2D eigenvalue weighted by atomic mass is 10.1. The zero-order chi connectivity index (χ0) is 12.7. The number of aromatic nitrogens is 2. The lowest BCUT2D eigenvalue weighted by Crippen LogP contribution is -2.13. The maximum Gasteiger partial charge on any atom is 0.260 e. The molecule has 0 saturated heterocycles. The molecular weight excluding hydrogens is 233 g/mol. The first-order valence-electron chi connectivity index (χ1n) is 6.01. The second-order valence-corrected chi connectivity index (χ2v) is 4.80. The van der Waals surface area contributed by atoms with Gasteiger partial charge in [0.15, 0.2) is 5.82 Å². The van der Waals surface area contributed by atoms with E-state index in [1.54, 1.807) is 12.1 Å². The van der Waals surface area contributed by atoms with Gasteiger partial charge in [-0.1, -0.05) is 16.8 Å². The monoisotopic (exact) mass is 247 g/mol. The summed E-state index contributed by atoms with van der Waals surface area (Å²) in [4.78, 5) is 4.20. The van der Waals surface area contributed by atoms with Gasteiger partial charge in [0.25, 0.3) is 5.89 Å². The van der Waals surface area contributed by atoms with Gasteiger partial charge in [0, 0.05) is 0 Å². The van der Waals surface area contributed by atoms with Crippen LogP contribution < -0.4 is 5.73 Å². The van der Waals surface area contributed by atoms with E-state index in [-0.39, 0.29) is 17.7 Å². The third-order valence-electron chi connectivity index (χ3n) is 3.22. The topological polar surface area (TPSA) is 64.9 Å². The Balaban J connectivity index is 1.94. The molecule has 5 heteroatoms. The van der Waals surface area contributed by atoms with Crippen LogP contribution in [0.15, 0.2) is 22.7 Å². The molecule has 1 unspecified atom stereocenters. The van der Waals surface area contributed by atoms with Crippen LogP contribution in [0.25, 0.3) is 11.5 Å². The molecule has 2 aromatic rings. The van der Waals surface area contributed by atoms with E-state index in [0.717, 1.165) is 18.4 Å². The molecule has 2 N–H and O–H groups in total. The molecule has 0 aliphatic heterocycles. The number of rotatable bonds is 3. The van der Waals surface area contributed by atoms with E-state index < -0.39 is 0 Å². The van der Waals surface area contributed by atoms with Gasteiger partial charge < -0.3 is 10.3 Å². The number of hydrogen-bond acceptors (Lipinski definition) is 4. The summed E-state index contributed by atoms with van der Waals surface area (Å²) >= 11 is 0. The third kappa shape index (κ3) is 2.01. The number of benzene rings is 1. The molecule has 4 nitrogen and oxygen atoms in total. The van der Waals surface area contributed by atoms with Crippen molar-refractivity contribution in [3.8, 4) is 11.5 Å². The number of nitrogens with two attached hydrogens (primary N) is 1. The molecule has 0 bridgehead atoms. The molecular formula is C13H14FN3O. The second-order valence-electron chi connectivity index (χ2n) is 4.80. The summed E-state index contributed by atoms with van der Waals surface area (Å²) < 4.78 is 18.8. The first-order chi connectivity index (χ1) is 8.65. The van der Waals surface area contributed by atoms with Crippen LogP contribution >= 0.6 is 0 Å². The Labute approximate surface area is 104 Å². The Bertz CT molecular complexity index is 577. The summed E-state index contributed by atoms with van der Waals surface area (Å²) in [5, 5.41) is 3.85. The largest absolute Gasteiger partial charge is 0.334 e. The zero-order valence-corrected chi connectivity index (χ0v) is 10.1. The molecule has 1 heterocycles. The molecule has 1 aromatic heterocycles. The SMILES string of the molecule is Cc1ccc(F)c(-c2nc(C(N)C3CC3)no2)c1. The molecule has 1 aromatic carbocycles. The molecule has 1 aliphatic rings. The predicted octanol–water partition coefficient (Wildman–Crippen LogP) is 2.59. The van der Waals surface area contributed by atoms with Crippen LogP contribution in [0.3, 0.4) is 0 Å². The Morgan fingerprint density at radius 1 is 1.44 bits per heavy atom. The van der Waals surface area contributed by atoms with Gasteiger partial charge in [0.1, 0.15) is 5.82 Å². The van der Waals surface area contributed by atoms with Gasteiger partial charge in [-0.25, -0.2) is 4.39 Å². The highest BCUT2D eigenvalue weighted by atomic mass is 19.1. The summed E-state index contributed by atoms with van der Waals surface area (Å²) in [7, 11) is 0. The number of halogens is 1. The fourth-order valence-electron chi connectivity index (χ4n) is 1.95. The molecule has 1 saturated carbocycles. The van der Waals surface area contributed by atoms with E-state index in [0.29, 0.717) is 17.3 Å². The van der Waals surface area contributed by atoms with Crippen molar-refractivity contribution in [2.24, 2.45) is 11.7 Å². The summed E-state index contributed by atoms with van der Waals surface area (Å²) in [5.41, 5.74) is 7.25. The van der Waals surface area contributed by atoms with Gasteiger partial charge in [-0.3, -0.25) is 0 Å². The first kappa shape index (κ1) is 11.3. The van der Waals surface area contributed by atoms with Crippen molar-refractivity contribution < 1.29 is 8.91 Å². The molecule has 1 aliphatic carbocycles. The standard InChI is InChI=1S/C13H14FN3O/c1-7-2-5-10(14)9(6-7)13-16-12(17-18-13)11(15)8-3-4-8/h2,5-6,8,11H,3-4,15H2,1H3. The minimum absolute atomic E-state index is 0.197. The Hall–Kier alpha value is -1.75. The number of hydrogen-bond donors (Lipinski definition) is 1. The molecule has 1 atom stereocenters. The molecule has 3 rings (SSSR count). The van der Waals surface area contributed by atoms with Crippen LogP contribution in [0.2, 0.25) is 0 Å². The molecule has 18 heavy (non-hydrogen) atoms. The van der Waals surface area contributed by atoms with Gasteiger partial charge >= 0.3 is 0 Å². The van der Waals surface area contributed by atoms with E-state index in [1.807, 2.05) is 6.92 Å². The van der Waals surface area contributed by atoms with E-state index in [2.05, 4.69) is 10.1 Å². The maximum atomic E-state index is 13.7. The Kier molecular flexibility index (Phi) is 2.63. The zero-order valence-electron chi connectivity index (χ0n) is 10.1. The van der Waals surface area contributed by atoms with Crippen LogP contribution in [-0.2, 0) is 0 Å². The second kappa shape index (κ2) is 4.17. The van der Waals surface area contributed by atoms with Crippen LogP contribution in [0.4, 0.5) is 4.39 Å². The van der Waals surface area contributed by atoms with Gasteiger partial charge in [0.05, 0.1) is 11.6 Å². The van der Waals surface area contributed by atoms with Crippen LogP contribution in [0.5, 0.6) is 0 Å². The van der Waals surface area contributed by atoms with Crippen LogP contribution in [0, 0.1) is 18.7 Å². The van der Waals surface area contributed by atoms with Crippen molar-refractivity contribution in [2.45, 2.75) is 25.8 Å². The predicted molar refractivity (Wildman–Crippen MR) is 64.1 cm³/mol. The van der Waals surface area contributed by atoms with E-state index in [9.17, 15) is 4.39 Å². The average molecular weight is 247 g/mol. The highest BCUT2D eigenvalue weighted by Crippen LogP contribution is 2.38. The lowest BCUT2D eigenvalue weighted by Gasteiger charge is -2.02. The van der Waals surface area contributed by atoms with Crippen molar-refractivity contribution in [3.63, 3.8) is 0 Å². The van der Waals surface area contributed by atoms with Crippen molar-refractivity contribution in [1.82, 2.24) is 10.1 Å². The first-order valence-corrected chi connectivity index (χ1v) is 6.01. The van der Waals surface area contributed by atoms with Gasteiger partial charge in [0.2, 0.25) is 0 Å². The molecule has 0 amide bonds. The van der Waals surface area contributed by atoms with Crippen LogP contribution in [0.1, 0.15) is 30.3 Å². The Morgan fingerprint density at radius 2 is 2.22 bits per heavy atom. The lowest BCUT2D eigenvalue weighted by molar-refractivity contribution is 0.409. The smallest absolute Gasteiger partial charge is 0.260 e. The van der Waals surface area contributed by atoms with Gasteiger partial charge in [-0.15, -0.1) is 0 Å². The van der Waals surface area contributed by atoms with Crippen molar-refractivity contribution in [1.29, 1.82) is 0 Å². The van der Waals surface area contributed by atoms with E-state index in [1.165, 1.54) is 6.07 Å². The van der Waals surface area contributed by atoms with Crippen molar-refractivity contribution in [3.05, 3.63) is 35.4 Å². The number of nitrogens with zero attached hydrogens (tertiary/aromatic N) is 2. The highest BCUT2D eigenvalue weighted by molar-refractivity contribution is 5.55. The molecule has 0 spiro atoms. The summed E-state index contributed by atoms with van der Waals surface area (Å²) in [6.07, 6.45) is 2.20. The summed E-state index contributed by atoms with van der Waals surface area (Å²) in [5.74, 6) is 0.740. The Morgan fingerprint density at radius 3 is 2.94 bits per heavy atom. The van der Waals surface area contributed by atoms with E-state index >= 15 is 0 Å². The van der Waals surface area contributed by atoms with Crippen molar-refractivity contribution in [2.75, 3.05) is 0 Å². The molecule has 94 valence electrons. The van der Waals surface area contributed by atoms with E-state index in [4.69, 9.17) is 10.3 Å². The minimum atomic E-state index is -0.365. The van der Waals surface area contributed by atoms with Gasteiger partial charge in [-0.05, 0) is 37.8 Å². The molecule has 1 fully saturated rings. The quantitative estimate of drug-likeness (QED) is 0.905. The summed E-state index contributed by atoms with van der Waals surface area (Å²) in [6.45, 7) is 1.89. The fourth-order valence-corrected chi connectivity index (χ4v) is 1.95. The third-order valence-corrected chi connectivity index (χ3v) is 3.22. The normalized spacial score (nSPS) is 16.8. The number of aryl methyl sites for hydroxylation is 1.